The fourth-order valence-electron chi connectivity index (χ4n) is 2.39. The van der Waals surface area contributed by atoms with Crippen LogP contribution in [0.4, 0.5) is 0 Å². The lowest BCUT2D eigenvalue weighted by molar-refractivity contribution is -0.146. The minimum Gasteiger partial charge on any atom is -0.493 e. The van der Waals surface area contributed by atoms with Gasteiger partial charge in [-0.15, -0.1) is 0 Å². The number of methoxy groups -OCH3 is 1. The number of carbonyl (C=O) groups is 2. The van der Waals surface area contributed by atoms with Gasteiger partial charge in [-0.05, 0) is 30.2 Å². The normalized spacial score (nSPS) is 16.7. The summed E-state index contributed by atoms with van der Waals surface area (Å²) < 4.78 is 11.1. The Bertz CT molecular complexity index is 764. The van der Waals surface area contributed by atoms with E-state index in [1.807, 2.05) is 0 Å². The first-order chi connectivity index (χ1) is 12.9. The van der Waals surface area contributed by atoms with E-state index in [-0.39, 0.29) is 9.23 Å². The number of carbonyl (C=O) groups excluding carboxylic acids is 1. The average molecular weight is 412 g/mol. The molecule has 1 heterocycles. The van der Waals surface area contributed by atoms with Gasteiger partial charge in [0.1, 0.15) is 4.32 Å². The van der Waals surface area contributed by atoms with E-state index in [0.717, 1.165) is 29.5 Å². The third-order valence-corrected chi connectivity index (χ3v) is 5.16. The van der Waals surface area contributed by atoms with Crippen LogP contribution in [0, 0.1) is 0 Å². The Morgan fingerprint density at radius 1 is 1.41 bits per heavy atom. The molecule has 0 aromatic heterocycles. The monoisotopic (exact) mass is 411 g/mol. The number of thioether (sulfide) groups is 1. The van der Waals surface area contributed by atoms with Crippen molar-refractivity contribution in [3.05, 3.63) is 28.7 Å². The summed E-state index contributed by atoms with van der Waals surface area (Å²) in [5.41, 5.74) is 0.686. The van der Waals surface area contributed by atoms with E-state index in [1.165, 1.54) is 7.11 Å². The highest BCUT2D eigenvalue weighted by molar-refractivity contribution is 8.26. The molecule has 1 aliphatic rings. The molecule has 1 aromatic carbocycles. The number of aliphatic hydroxyl groups is 1. The van der Waals surface area contributed by atoms with Crippen LogP contribution >= 0.6 is 24.0 Å². The predicted octanol–water partition coefficient (Wildman–Crippen LogP) is 2.52. The molecular weight excluding hydrogens is 390 g/mol. The molecule has 9 heteroatoms. The average Bonchev–Trinajstić information content (AvgIpc) is 2.91. The highest BCUT2D eigenvalue weighted by atomic mass is 32.2. The number of carboxylic acid groups (broad SMARTS) is 1. The summed E-state index contributed by atoms with van der Waals surface area (Å²) in [6.07, 6.45) is 3.56. The number of benzene rings is 1. The molecule has 27 heavy (non-hydrogen) atoms. The molecule has 0 unspecified atom stereocenters. The van der Waals surface area contributed by atoms with Crippen LogP contribution in [0.1, 0.15) is 25.3 Å². The van der Waals surface area contributed by atoms with E-state index >= 15 is 0 Å². The Kier molecular flexibility index (Phi) is 7.64. The largest absolute Gasteiger partial charge is 0.493 e. The van der Waals surface area contributed by atoms with Crippen molar-refractivity contribution in [3.63, 3.8) is 0 Å². The van der Waals surface area contributed by atoms with Crippen LogP contribution in [0.3, 0.4) is 0 Å². The van der Waals surface area contributed by atoms with Crippen LogP contribution in [0.2, 0.25) is 0 Å². The molecule has 0 radical (unpaired) electrons. The highest BCUT2D eigenvalue weighted by Crippen LogP contribution is 2.35. The lowest BCUT2D eigenvalue weighted by atomic mass is 10.1. The van der Waals surface area contributed by atoms with Crippen LogP contribution in [0.25, 0.3) is 6.08 Å². The van der Waals surface area contributed by atoms with Crippen molar-refractivity contribution in [1.29, 1.82) is 0 Å². The number of aliphatic hydroxyl groups excluding tert-OH is 1. The smallest absolute Gasteiger partial charge is 0.329 e. The van der Waals surface area contributed by atoms with Crippen LogP contribution < -0.4 is 9.47 Å². The molecule has 1 amide bonds. The van der Waals surface area contributed by atoms with Gasteiger partial charge in [-0.1, -0.05) is 43.4 Å². The minimum atomic E-state index is -1.40. The zero-order chi connectivity index (χ0) is 20.0. The second-order valence-corrected chi connectivity index (χ2v) is 7.38. The second kappa shape index (κ2) is 9.72. The first-order valence-corrected chi connectivity index (χ1v) is 9.57. The number of hydrogen-bond acceptors (Lipinski definition) is 7. The van der Waals surface area contributed by atoms with Gasteiger partial charge in [0.25, 0.3) is 5.91 Å². The lowest BCUT2D eigenvalue weighted by Crippen LogP contribution is -2.46. The molecule has 1 fully saturated rings. The van der Waals surface area contributed by atoms with Gasteiger partial charge in [0.2, 0.25) is 0 Å². The highest BCUT2D eigenvalue weighted by Gasteiger charge is 2.40. The van der Waals surface area contributed by atoms with Crippen LogP contribution in [0.15, 0.2) is 23.1 Å². The summed E-state index contributed by atoms with van der Waals surface area (Å²) in [5.74, 6) is -0.713. The molecule has 2 rings (SSSR count). The molecule has 0 bridgehead atoms. The Morgan fingerprint density at radius 2 is 2.15 bits per heavy atom. The van der Waals surface area contributed by atoms with E-state index in [1.54, 1.807) is 24.3 Å². The molecule has 146 valence electrons. The van der Waals surface area contributed by atoms with Crippen LogP contribution in [-0.4, -0.2) is 57.7 Å². The minimum absolute atomic E-state index is 0.0965. The van der Waals surface area contributed by atoms with E-state index in [0.29, 0.717) is 23.7 Å². The maximum absolute atomic E-state index is 12.5. The number of hydrogen-bond donors (Lipinski definition) is 2. The van der Waals surface area contributed by atoms with Gasteiger partial charge in [0.15, 0.2) is 17.5 Å². The molecule has 0 saturated carbocycles. The molecule has 0 spiro atoms. The van der Waals surface area contributed by atoms with E-state index in [2.05, 4.69) is 6.92 Å². The molecule has 1 aliphatic heterocycles. The molecule has 7 nitrogen and oxygen atoms in total. The first kappa shape index (κ1) is 21.2. The summed E-state index contributed by atoms with van der Waals surface area (Å²) in [7, 11) is 1.53. The molecular formula is C18H21NO6S2. The topological polar surface area (TPSA) is 96.3 Å². The zero-order valence-corrected chi connectivity index (χ0v) is 16.6. The number of rotatable bonds is 9. The van der Waals surface area contributed by atoms with Crippen molar-refractivity contribution in [3.8, 4) is 11.5 Å². The number of amides is 1. The molecule has 1 saturated heterocycles. The van der Waals surface area contributed by atoms with Gasteiger partial charge >= 0.3 is 5.97 Å². The first-order valence-electron chi connectivity index (χ1n) is 8.34. The number of aliphatic carboxylic acids is 1. The van der Waals surface area contributed by atoms with E-state index in [9.17, 15) is 14.7 Å². The fraction of sp³-hybridized carbons (Fsp3) is 0.389. The molecule has 1 aromatic rings. The van der Waals surface area contributed by atoms with Crippen LogP contribution in [-0.2, 0) is 9.59 Å². The summed E-state index contributed by atoms with van der Waals surface area (Å²) in [4.78, 5) is 25.0. The summed E-state index contributed by atoms with van der Waals surface area (Å²) in [6.45, 7) is 1.95. The Morgan fingerprint density at radius 3 is 2.74 bits per heavy atom. The van der Waals surface area contributed by atoms with Gasteiger partial charge in [-0.2, -0.15) is 0 Å². The van der Waals surface area contributed by atoms with E-state index < -0.39 is 24.5 Å². The molecule has 2 N–H and O–H groups in total. The maximum atomic E-state index is 12.5. The van der Waals surface area contributed by atoms with Crippen molar-refractivity contribution in [2.24, 2.45) is 0 Å². The number of nitrogens with zero attached hydrogens (tertiary/aromatic N) is 1. The summed E-state index contributed by atoms with van der Waals surface area (Å²) >= 11 is 6.10. The van der Waals surface area contributed by atoms with Gasteiger partial charge in [0.05, 0.1) is 25.2 Å². The Hall–Kier alpha value is -2.10. The van der Waals surface area contributed by atoms with Crippen molar-refractivity contribution < 1.29 is 29.3 Å². The Labute approximate surface area is 166 Å². The van der Waals surface area contributed by atoms with E-state index in [4.69, 9.17) is 26.8 Å². The number of thiocarbonyl (C=S) groups is 1. The molecule has 0 aliphatic carbocycles. The standard InChI is InChI=1S/C18H21NO6S2/c1-3-4-7-25-13-6-5-11(8-14(13)24-2)9-15-16(21)19(18(26)27-15)12(10-20)17(22)23/h5-6,8-9,12,20H,3-4,7,10H2,1-2H3,(H,22,23)/b15-9-/t12-/m1/s1. The third kappa shape index (κ3) is 5.00. The Balaban J connectivity index is 2.24. The number of carboxylic acids is 1. The van der Waals surface area contributed by atoms with Crippen molar-refractivity contribution >= 4 is 46.3 Å². The SMILES string of the molecule is CCCCOc1ccc(/C=C2\SC(=S)N([C@H](CO)C(=O)O)C2=O)cc1OC. The van der Waals surface area contributed by atoms with Gasteiger partial charge in [-0.25, -0.2) is 4.79 Å². The lowest BCUT2D eigenvalue weighted by Gasteiger charge is -2.20. The van der Waals surface area contributed by atoms with Crippen molar-refractivity contribution in [2.75, 3.05) is 20.3 Å². The van der Waals surface area contributed by atoms with Crippen LogP contribution in [0.5, 0.6) is 11.5 Å². The summed E-state index contributed by atoms with van der Waals surface area (Å²) in [5, 5.41) is 18.4. The number of unbranched alkanes of at least 4 members (excludes halogenated alkanes) is 1. The van der Waals surface area contributed by atoms with Crippen molar-refractivity contribution in [2.45, 2.75) is 25.8 Å². The van der Waals surface area contributed by atoms with Gasteiger partial charge in [0, 0.05) is 0 Å². The number of ether oxygens (including phenoxy) is 2. The molecule has 1 atom stereocenters. The second-order valence-electron chi connectivity index (χ2n) is 5.70. The third-order valence-electron chi connectivity index (χ3n) is 3.83. The summed E-state index contributed by atoms with van der Waals surface area (Å²) in [6, 6.07) is 3.87. The van der Waals surface area contributed by atoms with Crippen molar-refractivity contribution in [1.82, 2.24) is 4.90 Å². The predicted molar refractivity (Wildman–Crippen MR) is 107 cm³/mol. The van der Waals surface area contributed by atoms with Gasteiger partial charge < -0.3 is 19.7 Å². The fourth-order valence-corrected chi connectivity index (χ4v) is 3.75. The quantitative estimate of drug-likeness (QED) is 0.364. The maximum Gasteiger partial charge on any atom is 0.329 e. The zero-order valence-electron chi connectivity index (χ0n) is 15.0. The van der Waals surface area contributed by atoms with Gasteiger partial charge in [-0.3, -0.25) is 9.69 Å².